The van der Waals surface area contributed by atoms with E-state index < -0.39 is 35.4 Å². The van der Waals surface area contributed by atoms with Crippen molar-refractivity contribution < 1.29 is 37.4 Å². The second kappa shape index (κ2) is 9.33. The number of hydrogen-bond acceptors (Lipinski definition) is 5. The van der Waals surface area contributed by atoms with Gasteiger partial charge < -0.3 is 19.5 Å². The van der Waals surface area contributed by atoms with E-state index in [0.29, 0.717) is 35.4 Å². The fourth-order valence-electron chi connectivity index (χ4n) is 5.73. The standard InChI is InChI=1S/C26H24ClF3N2O5/c27-15-3-8-19-21(13-15)32(23(34)14-1-6-17(7-2-14)37-26(28,29)30)20-10-9-18(20)22(19)25(11-12-33,24(35)36)31-16-4-5-16/h1-3,6-8,12-13,16,18,20,22,31H,4-5,9-11H2,(H,35,36)/t18-,20+,22?,25?/m0/s1. The Morgan fingerprint density at radius 1 is 1.11 bits per heavy atom. The SMILES string of the molecule is O=CCC(NC1CC1)(C(=O)O)C1c2ccc(Cl)cc2N(C(=O)c2ccc(OC(F)(F)F)cc2)[C@@H]2CC[C@H]12. The van der Waals surface area contributed by atoms with Gasteiger partial charge in [0.25, 0.3) is 5.91 Å². The van der Waals surface area contributed by atoms with Crippen LogP contribution < -0.4 is 15.0 Å². The molecule has 37 heavy (non-hydrogen) atoms. The van der Waals surface area contributed by atoms with Crippen LogP contribution in [0.15, 0.2) is 42.5 Å². The zero-order chi connectivity index (χ0) is 26.5. The van der Waals surface area contributed by atoms with Gasteiger partial charge in [0.1, 0.15) is 17.6 Å². The molecule has 0 aromatic heterocycles. The van der Waals surface area contributed by atoms with Crippen molar-refractivity contribution in [3.63, 3.8) is 0 Å². The number of nitrogens with one attached hydrogen (secondary N) is 1. The molecule has 2 saturated carbocycles. The van der Waals surface area contributed by atoms with E-state index in [1.807, 2.05) is 0 Å². The van der Waals surface area contributed by atoms with Crippen LogP contribution in [-0.2, 0) is 9.59 Å². The Morgan fingerprint density at radius 2 is 1.81 bits per heavy atom. The minimum absolute atomic E-state index is 0.00224. The molecule has 196 valence electrons. The third kappa shape index (κ3) is 4.68. The van der Waals surface area contributed by atoms with E-state index in [1.54, 1.807) is 23.1 Å². The highest BCUT2D eigenvalue weighted by Gasteiger charge is 2.59. The average molecular weight is 537 g/mol. The van der Waals surface area contributed by atoms with Crippen molar-refractivity contribution in [2.24, 2.45) is 5.92 Å². The largest absolute Gasteiger partial charge is 0.573 e. The van der Waals surface area contributed by atoms with Gasteiger partial charge in [-0.25, -0.2) is 0 Å². The van der Waals surface area contributed by atoms with E-state index in [0.717, 1.165) is 25.0 Å². The molecular weight excluding hydrogens is 513 g/mol. The van der Waals surface area contributed by atoms with Crippen molar-refractivity contribution in [2.45, 2.75) is 62.0 Å². The molecule has 2 aromatic rings. The summed E-state index contributed by atoms with van der Waals surface area (Å²) in [6.07, 6.45) is -1.57. The first-order valence-corrected chi connectivity index (χ1v) is 12.4. The third-order valence-electron chi connectivity index (χ3n) is 7.55. The normalized spacial score (nSPS) is 24.2. The summed E-state index contributed by atoms with van der Waals surface area (Å²) >= 11 is 6.31. The molecule has 2 aliphatic carbocycles. The summed E-state index contributed by atoms with van der Waals surface area (Å²) in [7, 11) is 0. The first-order valence-electron chi connectivity index (χ1n) is 12.0. The Hall–Kier alpha value is -3.11. The Labute approximate surface area is 215 Å². The molecule has 4 atom stereocenters. The monoisotopic (exact) mass is 536 g/mol. The maximum atomic E-state index is 13.7. The van der Waals surface area contributed by atoms with Crippen molar-refractivity contribution in [2.75, 3.05) is 4.90 Å². The molecule has 3 aliphatic rings. The number of fused-ring (bicyclic) bond motifs is 2. The van der Waals surface area contributed by atoms with Gasteiger partial charge in [0.2, 0.25) is 0 Å². The summed E-state index contributed by atoms with van der Waals surface area (Å²) in [5.41, 5.74) is -0.361. The van der Waals surface area contributed by atoms with Crippen LogP contribution >= 0.6 is 11.6 Å². The van der Waals surface area contributed by atoms with E-state index in [9.17, 15) is 32.7 Å². The van der Waals surface area contributed by atoms with Crippen molar-refractivity contribution in [1.29, 1.82) is 0 Å². The zero-order valence-corrected chi connectivity index (χ0v) is 20.3. The number of nitrogens with zero attached hydrogens (tertiary/aromatic N) is 1. The highest BCUT2D eigenvalue weighted by molar-refractivity contribution is 6.31. The molecule has 1 heterocycles. The molecule has 7 nitrogen and oxygen atoms in total. The van der Waals surface area contributed by atoms with Gasteiger partial charge in [-0.1, -0.05) is 17.7 Å². The molecule has 2 N–H and O–H groups in total. The predicted octanol–water partition coefficient (Wildman–Crippen LogP) is 4.93. The molecular formula is C26H24ClF3N2O5. The number of halogens is 4. The molecule has 0 spiro atoms. The topological polar surface area (TPSA) is 95.9 Å². The van der Waals surface area contributed by atoms with Crippen LogP contribution in [0, 0.1) is 5.92 Å². The maximum absolute atomic E-state index is 13.7. The number of amides is 1. The van der Waals surface area contributed by atoms with E-state index >= 15 is 0 Å². The molecule has 5 rings (SSSR count). The van der Waals surface area contributed by atoms with Gasteiger partial charge in [0.05, 0.1) is 0 Å². The number of aliphatic carboxylic acids is 1. The Morgan fingerprint density at radius 3 is 2.35 bits per heavy atom. The molecule has 0 radical (unpaired) electrons. The maximum Gasteiger partial charge on any atom is 0.573 e. The number of benzene rings is 2. The minimum Gasteiger partial charge on any atom is -0.480 e. The zero-order valence-electron chi connectivity index (χ0n) is 19.5. The summed E-state index contributed by atoms with van der Waals surface area (Å²) < 4.78 is 41.5. The number of ether oxygens (including phenoxy) is 1. The number of carbonyl (C=O) groups excluding carboxylic acids is 2. The van der Waals surface area contributed by atoms with Crippen molar-refractivity contribution >= 4 is 35.5 Å². The third-order valence-corrected chi connectivity index (χ3v) is 7.78. The summed E-state index contributed by atoms with van der Waals surface area (Å²) in [4.78, 5) is 39.8. The highest BCUT2D eigenvalue weighted by Crippen LogP contribution is 2.56. The van der Waals surface area contributed by atoms with Crippen LogP contribution in [0.2, 0.25) is 5.02 Å². The van der Waals surface area contributed by atoms with Crippen molar-refractivity contribution in [3.8, 4) is 5.75 Å². The molecule has 0 saturated heterocycles. The van der Waals surface area contributed by atoms with Crippen LogP contribution in [0.5, 0.6) is 5.75 Å². The number of carbonyl (C=O) groups is 3. The Balaban J connectivity index is 1.56. The summed E-state index contributed by atoms with van der Waals surface area (Å²) in [5, 5.41) is 14.0. The summed E-state index contributed by atoms with van der Waals surface area (Å²) in [6.45, 7) is 0. The van der Waals surface area contributed by atoms with Gasteiger partial charge in [-0.2, -0.15) is 0 Å². The predicted molar refractivity (Wildman–Crippen MR) is 128 cm³/mol. The van der Waals surface area contributed by atoms with E-state index in [2.05, 4.69) is 10.1 Å². The molecule has 2 unspecified atom stereocenters. The number of aldehydes is 1. The lowest BCUT2D eigenvalue weighted by Gasteiger charge is -2.56. The molecule has 2 fully saturated rings. The second-order valence-electron chi connectivity index (χ2n) is 9.80. The van der Waals surface area contributed by atoms with Crippen LogP contribution in [0.4, 0.5) is 18.9 Å². The van der Waals surface area contributed by atoms with E-state index in [4.69, 9.17) is 11.6 Å². The van der Waals surface area contributed by atoms with Gasteiger partial charge in [-0.05, 0) is 73.6 Å². The number of alkyl halides is 3. The summed E-state index contributed by atoms with van der Waals surface area (Å²) in [5.74, 6) is -2.84. The number of carboxylic acids is 1. The fraction of sp³-hybridized carbons (Fsp3) is 0.423. The lowest BCUT2D eigenvalue weighted by Crippen LogP contribution is -2.66. The lowest BCUT2D eigenvalue weighted by molar-refractivity contribution is -0.274. The van der Waals surface area contributed by atoms with Crippen LogP contribution in [0.1, 0.15) is 53.9 Å². The molecule has 1 aliphatic heterocycles. The van der Waals surface area contributed by atoms with Gasteiger partial charge in [-0.3, -0.25) is 14.9 Å². The Kier molecular flexibility index (Phi) is 6.44. The van der Waals surface area contributed by atoms with Crippen molar-refractivity contribution in [1.82, 2.24) is 5.32 Å². The summed E-state index contributed by atoms with van der Waals surface area (Å²) in [6, 6.07) is 9.24. The lowest BCUT2D eigenvalue weighted by atomic mass is 9.58. The molecule has 0 bridgehead atoms. The van der Waals surface area contributed by atoms with Crippen LogP contribution in [-0.4, -0.2) is 47.3 Å². The van der Waals surface area contributed by atoms with Crippen LogP contribution in [0.25, 0.3) is 0 Å². The van der Waals surface area contributed by atoms with E-state index in [1.165, 1.54) is 12.1 Å². The average Bonchev–Trinajstić information content (AvgIpc) is 3.62. The first kappa shape index (κ1) is 25.5. The number of hydrogen-bond donors (Lipinski definition) is 2. The number of anilines is 1. The van der Waals surface area contributed by atoms with Gasteiger partial charge in [-0.15, -0.1) is 13.2 Å². The van der Waals surface area contributed by atoms with Crippen LogP contribution in [0.3, 0.4) is 0 Å². The molecule has 11 heteroatoms. The van der Waals surface area contributed by atoms with E-state index in [-0.39, 0.29) is 30.0 Å². The molecule has 1 amide bonds. The van der Waals surface area contributed by atoms with Crippen molar-refractivity contribution in [3.05, 3.63) is 58.6 Å². The van der Waals surface area contributed by atoms with Gasteiger partial charge in [0, 0.05) is 40.7 Å². The fourth-order valence-corrected chi connectivity index (χ4v) is 5.89. The second-order valence-corrected chi connectivity index (χ2v) is 10.2. The quantitative estimate of drug-likeness (QED) is 0.465. The molecule has 2 aromatic carbocycles. The minimum atomic E-state index is -4.85. The Bertz CT molecular complexity index is 1230. The first-order chi connectivity index (χ1) is 17.5. The van der Waals surface area contributed by atoms with Gasteiger partial charge >= 0.3 is 12.3 Å². The highest BCUT2D eigenvalue weighted by atomic mass is 35.5. The number of rotatable bonds is 8. The number of carboxylic acid groups (broad SMARTS) is 1. The van der Waals surface area contributed by atoms with Gasteiger partial charge in [0.15, 0.2) is 0 Å². The smallest absolute Gasteiger partial charge is 0.480 e.